The molecule has 1 N–H and O–H groups in total. The van der Waals surface area contributed by atoms with Crippen molar-refractivity contribution in [1.82, 2.24) is 15.2 Å². The molecule has 2 heterocycles. The maximum Gasteiger partial charge on any atom is 0.222 e. The minimum absolute atomic E-state index is 0.147. The molecular weight excluding hydrogens is 442 g/mol. The molecule has 5 nitrogen and oxygen atoms in total. The molecule has 1 aliphatic heterocycles. The maximum atomic E-state index is 13.2. The number of hydrogen-bond donors (Lipinski definition) is 2. The van der Waals surface area contributed by atoms with E-state index in [1.165, 1.54) is 13.1 Å². The van der Waals surface area contributed by atoms with Gasteiger partial charge in [-0.05, 0) is 59.5 Å². The van der Waals surface area contributed by atoms with E-state index in [-0.39, 0.29) is 11.7 Å². The number of amidine groups is 1. The Kier molecular flexibility index (Phi) is 7.63. The van der Waals surface area contributed by atoms with Gasteiger partial charge in [-0.1, -0.05) is 0 Å². The summed E-state index contributed by atoms with van der Waals surface area (Å²) < 4.78 is 13.7. The number of halogens is 2. The standard InChI is InChI=1S/C16H20FIN4OS/c1-11(23)21-16(18)20-8-15(24)10-22-3-2-12(9-22)4-13-5-14(17)7-19-6-13/h5-8,12,24H,2-4,9-10H2,1H3,(H,20,21,23)/b15-8-. The molecule has 0 aromatic carbocycles. The number of carbonyl (C=O) groups is 1. The molecule has 130 valence electrons. The summed E-state index contributed by atoms with van der Waals surface area (Å²) in [5.74, 6) is 0.0683. The van der Waals surface area contributed by atoms with E-state index in [9.17, 15) is 9.18 Å². The molecule has 0 spiro atoms. The molecule has 1 aliphatic rings. The number of pyridine rings is 1. The number of nitrogens with zero attached hydrogens (tertiary/aromatic N) is 3. The zero-order valence-electron chi connectivity index (χ0n) is 13.4. The Labute approximate surface area is 160 Å². The van der Waals surface area contributed by atoms with Crippen molar-refractivity contribution in [3.8, 4) is 0 Å². The predicted molar refractivity (Wildman–Crippen MR) is 105 cm³/mol. The third-order valence-corrected chi connectivity index (χ3v) is 4.45. The smallest absolute Gasteiger partial charge is 0.222 e. The fraction of sp³-hybridized carbons (Fsp3) is 0.438. The van der Waals surface area contributed by atoms with Crippen molar-refractivity contribution in [1.29, 1.82) is 0 Å². The first-order valence-electron chi connectivity index (χ1n) is 7.63. The third kappa shape index (κ3) is 6.86. The average Bonchev–Trinajstić information content (AvgIpc) is 2.91. The number of rotatable bonds is 5. The van der Waals surface area contributed by atoms with E-state index in [0.717, 1.165) is 36.4 Å². The van der Waals surface area contributed by atoms with Crippen LogP contribution in [0.25, 0.3) is 0 Å². The largest absolute Gasteiger partial charge is 0.306 e. The lowest BCUT2D eigenvalue weighted by molar-refractivity contribution is -0.117. The predicted octanol–water partition coefficient (Wildman–Crippen LogP) is 2.78. The van der Waals surface area contributed by atoms with Gasteiger partial charge in [0.05, 0.1) is 6.20 Å². The second-order valence-electron chi connectivity index (χ2n) is 5.83. The number of nitrogens with one attached hydrogen (secondary N) is 1. The summed E-state index contributed by atoms with van der Waals surface area (Å²) in [6.07, 6.45) is 6.53. The first-order chi connectivity index (χ1) is 11.4. The van der Waals surface area contributed by atoms with E-state index in [4.69, 9.17) is 0 Å². The Balaban J connectivity index is 1.81. The van der Waals surface area contributed by atoms with Crippen molar-refractivity contribution in [2.24, 2.45) is 10.9 Å². The Morgan fingerprint density at radius 3 is 3.12 bits per heavy atom. The fourth-order valence-electron chi connectivity index (χ4n) is 2.70. The monoisotopic (exact) mass is 462 g/mol. The number of amides is 1. The normalized spacial score (nSPS) is 19.6. The summed E-state index contributed by atoms with van der Waals surface area (Å²) in [7, 11) is 0. The van der Waals surface area contributed by atoms with E-state index in [1.807, 2.05) is 22.6 Å². The minimum atomic E-state index is -0.283. The molecule has 1 fully saturated rings. The van der Waals surface area contributed by atoms with E-state index >= 15 is 0 Å². The van der Waals surface area contributed by atoms with Crippen molar-refractivity contribution in [3.05, 3.63) is 40.9 Å². The van der Waals surface area contributed by atoms with Crippen LogP contribution >= 0.6 is 35.2 Å². The van der Waals surface area contributed by atoms with Gasteiger partial charge in [0.1, 0.15) is 5.82 Å². The van der Waals surface area contributed by atoms with Crippen molar-refractivity contribution in [2.75, 3.05) is 19.6 Å². The van der Waals surface area contributed by atoms with Gasteiger partial charge in [-0.2, -0.15) is 0 Å². The van der Waals surface area contributed by atoms with Gasteiger partial charge < -0.3 is 5.32 Å². The number of aromatic nitrogens is 1. The van der Waals surface area contributed by atoms with E-state index in [1.54, 1.807) is 18.5 Å². The number of hydrogen-bond acceptors (Lipinski definition) is 5. The summed E-state index contributed by atoms with van der Waals surface area (Å²) >= 11 is 6.41. The molecule has 2 rings (SSSR count). The highest BCUT2D eigenvalue weighted by Gasteiger charge is 2.22. The molecule has 0 radical (unpaired) electrons. The quantitative estimate of drug-likeness (QED) is 0.233. The summed E-state index contributed by atoms with van der Waals surface area (Å²) in [6.45, 7) is 4.09. The van der Waals surface area contributed by atoms with Crippen LogP contribution in [0, 0.1) is 11.7 Å². The lowest BCUT2D eigenvalue weighted by Gasteiger charge is -2.15. The molecule has 0 saturated carbocycles. The molecular formula is C16H20FIN4OS. The summed E-state index contributed by atoms with van der Waals surface area (Å²) in [4.78, 5) is 22.1. The van der Waals surface area contributed by atoms with Gasteiger partial charge in [0.25, 0.3) is 0 Å². The van der Waals surface area contributed by atoms with Crippen LogP contribution in [0.1, 0.15) is 18.9 Å². The number of thiol groups is 1. The molecule has 0 bridgehead atoms. The summed E-state index contributed by atoms with van der Waals surface area (Å²) in [6, 6.07) is 1.55. The molecule has 1 unspecified atom stereocenters. The van der Waals surface area contributed by atoms with Crippen LogP contribution in [0.5, 0.6) is 0 Å². The van der Waals surface area contributed by atoms with Gasteiger partial charge >= 0.3 is 0 Å². The van der Waals surface area contributed by atoms with Crippen molar-refractivity contribution in [3.63, 3.8) is 0 Å². The molecule has 1 aromatic heterocycles. The number of carbonyl (C=O) groups excluding carboxylic acids is 1. The molecule has 1 amide bonds. The molecule has 1 saturated heterocycles. The van der Waals surface area contributed by atoms with Gasteiger partial charge in [-0.15, -0.1) is 12.6 Å². The van der Waals surface area contributed by atoms with Gasteiger partial charge in [0.15, 0.2) is 3.84 Å². The Hall–Kier alpha value is -1.00. The molecule has 24 heavy (non-hydrogen) atoms. The van der Waals surface area contributed by atoms with Crippen molar-refractivity contribution < 1.29 is 9.18 Å². The maximum absolute atomic E-state index is 13.2. The van der Waals surface area contributed by atoms with Gasteiger partial charge in [0, 0.05) is 37.3 Å². The molecule has 8 heteroatoms. The lowest BCUT2D eigenvalue weighted by atomic mass is 10.00. The van der Waals surface area contributed by atoms with Gasteiger partial charge in [-0.3, -0.25) is 14.7 Å². The zero-order valence-corrected chi connectivity index (χ0v) is 16.4. The van der Waals surface area contributed by atoms with Crippen LogP contribution in [0.3, 0.4) is 0 Å². The van der Waals surface area contributed by atoms with Crippen molar-refractivity contribution >= 4 is 45.0 Å². The first-order valence-corrected chi connectivity index (χ1v) is 9.15. The highest BCUT2D eigenvalue weighted by atomic mass is 127. The van der Waals surface area contributed by atoms with Crippen LogP contribution in [-0.4, -0.2) is 39.3 Å². The second-order valence-corrected chi connectivity index (χ2v) is 7.42. The Morgan fingerprint density at radius 2 is 2.42 bits per heavy atom. The van der Waals surface area contributed by atoms with Gasteiger partial charge in [-0.25, -0.2) is 9.38 Å². The highest BCUT2D eigenvalue weighted by Crippen LogP contribution is 2.22. The molecule has 1 atom stereocenters. The second kappa shape index (κ2) is 9.47. The summed E-state index contributed by atoms with van der Waals surface area (Å²) in [5, 5.41) is 2.60. The van der Waals surface area contributed by atoms with Crippen LogP contribution in [0.4, 0.5) is 4.39 Å². The van der Waals surface area contributed by atoms with Crippen LogP contribution < -0.4 is 5.32 Å². The summed E-state index contributed by atoms with van der Waals surface area (Å²) in [5.41, 5.74) is 0.943. The SMILES string of the molecule is CC(=O)NC(I)=N/C=C(\S)CN1CCC(Cc2cncc(F)c2)C1. The van der Waals surface area contributed by atoms with Gasteiger partial charge in [0.2, 0.25) is 5.91 Å². The van der Waals surface area contributed by atoms with E-state index < -0.39 is 0 Å². The first kappa shape index (κ1) is 19.3. The molecule has 0 aliphatic carbocycles. The van der Waals surface area contributed by atoms with E-state index in [2.05, 4.69) is 32.8 Å². The highest BCUT2D eigenvalue weighted by molar-refractivity contribution is 14.1. The zero-order chi connectivity index (χ0) is 17.5. The topological polar surface area (TPSA) is 57.6 Å². The molecule has 1 aromatic rings. The van der Waals surface area contributed by atoms with Crippen molar-refractivity contribution in [2.45, 2.75) is 19.8 Å². The van der Waals surface area contributed by atoms with E-state index in [0.29, 0.717) is 16.3 Å². The average molecular weight is 462 g/mol. The third-order valence-electron chi connectivity index (χ3n) is 3.65. The number of aliphatic imine (C=N–C) groups is 1. The van der Waals surface area contributed by atoms with Crippen LogP contribution in [0.2, 0.25) is 0 Å². The Morgan fingerprint density at radius 1 is 1.62 bits per heavy atom. The van der Waals surface area contributed by atoms with Crippen LogP contribution in [0.15, 0.2) is 34.6 Å². The fourth-order valence-corrected chi connectivity index (χ4v) is 3.48. The van der Waals surface area contributed by atoms with Crippen LogP contribution in [-0.2, 0) is 11.2 Å². The number of likely N-dealkylation sites (tertiary alicyclic amines) is 1. The minimum Gasteiger partial charge on any atom is -0.306 e. The Bertz CT molecular complexity index is 653. The lowest BCUT2D eigenvalue weighted by Crippen LogP contribution is -2.23.